The van der Waals surface area contributed by atoms with Gasteiger partial charge in [-0.15, -0.1) is 0 Å². The third-order valence-corrected chi connectivity index (χ3v) is 2.53. The van der Waals surface area contributed by atoms with Crippen LogP contribution in [-0.2, 0) is 0 Å². The molecule has 0 saturated carbocycles. The SMILES string of the molecule is O=c1ccn(-c2ccc3[nH]ncc3c2)c(=O)[nH]1. The molecule has 0 saturated heterocycles. The summed E-state index contributed by atoms with van der Waals surface area (Å²) in [5, 5.41) is 7.63. The molecule has 2 heterocycles. The van der Waals surface area contributed by atoms with Crippen molar-refractivity contribution >= 4 is 10.9 Å². The first kappa shape index (κ1) is 9.59. The Hall–Kier alpha value is -2.63. The summed E-state index contributed by atoms with van der Waals surface area (Å²) < 4.78 is 1.37. The van der Waals surface area contributed by atoms with E-state index < -0.39 is 11.2 Å². The smallest absolute Gasteiger partial charge is 0.278 e. The van der Waals surface area contributed by atoms with Crippen LogP contribution in [0.25, 0.3) is 16.6 Å². The average Bonchev–Trinajstić information content (AvgIpc) is 2.75. The van der Waals surface area contributed by atoms with Gasteiger partial charge in [0.1, 0.15) is 0 Å². The lowest BCUT2D eigenvalue weighted by Gasteiger charge is -2.03. The van der Waals surface area contributed by atoms with Crippen LogP contribution in [0, 0.1) is 0 Å². The normalized spacial score (nSPS) is 10.8. The molecule has 84 valence electrons. The molecule has 0 aliphatic rings. The molecule has 3 aromatic rings. The second-order valence-electron chi connectivity index (χ2n) is 3.62. The van der Waals surface area contributed by atoms with Crippen LogP contribution in [0.2, 0.25) is 0 Å². The first-order valence-corrected chi connectivity index (χ1v) is 4.99. The van der Waals surface area contributed by atoms with E-state index in [1.165, 1.54) is 16.8 Å². The lowest BCUT2D eigenvalue weighted by atomic mass is 10.2. The molecule has 0 fully saturated rings. The summed E-state index contributed by atoms with van der Waals surface area (Å²) in [4.78, 5) is 24.8. The van der Waals surface area contributed by atoms with E-state index in [9.17, 15) is 9.59 Å². The topological polar surface area (TPSA) is 83.5 Å². The van der Waals surface area contributed by atoms with Crippen LogP contribution in [0.4, 0.5) is 0 Å². The summed E-state index contributed by atoms with van der Waals surface area (Å²) in [7, 11) is 0. The maximum atomic E-state index is 11.6. The molecule has 2 N–H and O–H groups in total. The molecule has 0 bridgehead atoms. The lowest BCUT2D eigenvalue weighted by molar-refractivity contribution is 0.897. The zero-order valence-corrected chi connectivity index (χ0v) is 8.68. The maximum Gasteiger partial charge on any atom is 0.332 e. The van der Waals surface area contributed by atoms with Crippen molar-refractivity contribution in [1.29, 1.82) is 0 Å². The van der Waals surface area contributed by atoms with Gasteiger partial charge in [-0.1, -0.05) is 0 Å². The van der Waals surface area contributed by atoms with E-state index in [-0.39, 0.29) is 0 Å². The molecule has 2 aromatic heterocycles. The minimum Gasteiger partial charge on any atom is -0.278 e. The molecule has 6 nitrogen and oxygen atoms in total. The fourth-order valence-corrected chi connectivity index (χ4v) is 1.70. The fraction of sp³-hybridized carbons (Fsp3) is 0. The maximum absolute atomic E-state index is 11.6. The summed E-state index contributed by atoms with van der Waals surface area (Å²) in [5.41, 5.74) is 0.711. The molecule has 3 rings (SSSR count). The van der Waals surface area contributed by atoms with Gasteiger partial charge in [-0.05, 0) is 18.2 Å². The van der Waals surface area contributed by atoms with Gasteiger partial charge >= 0.3 is 5.69 Å². The van der Waals surface area contributed by atoms with E-state index in [0.717, 1.165) is 10.9 Å². The van der Waals surface area contributed by atoms with Gasteiger partial charge in [0.25, 0.3) is 5.56 Å². The predicted octanol–water partition coefficient (Wildman–Crippen LogP) is 0.402. The third-order valence-electron chi connectivity index (χ3n) is 2.53. The number of hydrogen-bond donors (Lipinski definition) is 2. The van der Waals surface area contributed by atoms with Crippen molar-refractivity contribution in [2.75, 3.05) is 0 Å². The molecule has 0 radical (unpaired) electrons. The highest BCUT2D eigenvalue weighted by Crippen LogP contribution is 2.14. The number of rotatable bonds is 1. The molecular formula is C11H8N4O2. The van der Waals surface area contributed by atoms with Crippen LogP contribution in [0.1, 0.15) is 0 Å². The van der Waals surface area contributed by atoms with E-state index in [1.807, 2.05) is 12.1 Å². The number of nitrogens with zero attached hydrogens (tertiary/aromatic N) is 2. The van der Waals surface area contributed by atoms with Crippen molar-refractivity contribution < 1.29 is 0 Å². The Morgan fingerprint density at radius 1 is 1.18 bits per heavy atom. The van der Waals surface area contributed by atoms with Gasteiger partial charge in [0.2, 0.25) is 0 Å². The van der Waals surface area contributed by atoms with E-state index in [0.29, 0.717) is 5.69 Å². The summed E-state index contributed by atoms with van der Waals surface area (Å²) >= 11 is 0. The number of fused-ring (bicyclic) bond motifs is 1. The van der Waals surface area contributed by atoms with Gasteiger partial charge in [0, 0.05) is 17.6 Å². The number of H-pyrrole nitrogens is 2. The lowest BCUT2D eigenvalue weighted by Crippen LogP contribution is -2.27. The largest absolute Gasteiger partial charge is 0.332 e. The van der Waals surface area contributed by atoms with Crippen LogP contribution in [-0.4, -0.2) is 19.7 Å². The minimum absolute atomic E-state index is 0.407. The first-order valence-electron chi connectivity index (χ1n) is 4.99. The summed E-state index contributed by atoms with van der Waals surface area (Å²) in [6, 6.07) is 6.73. The Bertz CT molecular complexity index is 797. The highest BCUT2D eigenvalue weighted by molar-refractivity contribution is 5.80. The van der Waals surface area contributed by atoms with E-state index in [2.05, 4.69) is 15.2 Å². The van der Waals surface area contributed by atoms with E-state index >= 15 is 0 Å². The van der Waals surface area contributed by atoms with Gasteiger partial charge in [-0.2, -0.15) is 5.10 Å². The summed E-state index contributed by atoms with van der Waals surface area (Å²) in [6.07, 6.45) is 3.12. The number of aromatic nitrogens is 4. The molecular weight excluding hydrogens is 220 g/mol. The molecule has 0 unspecified atom stereocenters. The number of hydrogen-bond acceptors (Lipinski definition) is 3. The van der Waals surface area contributed by atoms with Gasteiger partial charge in [0.15, 0.2) is 0 Å². The molecule has 0 spiro atoms. The number of nitrogens with one attached hydrogen (secondary N) is 2. The monoisotopic (exact) mass is 228 g/mol. The first-order chi connectivity index (χ1) is 8.24. The molecule has 1 aromatic carbocycles. The Labute approximate surface area is 94.5 Å². The number of benzene rings is 1. The van der Waals surface area contributed by atoms with Crippen molar-refractivity contribution in [3.05, 3.63) is 57.5 Å². The van der Waals surface area contributed by atoms with Crippen molar-refractivity contribution in [2.45, 2.75) is 0 Å². The van der Waals surface area contributed by atoms with Crippen molar-refractivity contribution in [2.24, 2.45) is 0 Å². The summed E-state index contributed by atoms with van der Waals surface area (Å²) in [6.45, 7) is 0. The molecule has 0 amide bonds. The molecule has 0 atom stereocenters. The van der Waals surface area contributed by atoms with Crippen LogP contribution in [0.15, 0.2) is 46.2 Å². The van der Waals surface area contributed by atoms with Crippen molar-refractivity contribution in [3.8, 4) is 5.69 Å². The van der Waals surface area contributed by atoms with Gasteiger partial charge in [-0.3, -0.25) is 19.4 Å². The zero-order valence-electron chi connectivity index (χ0n) is 8.68. The Kier molecular flexibility index (Phi) is 1.94. The predicted molar refractivity (Wildman–Crippen MR) is 62.3 cm³/mol. The molecule has 0 aliphatic heterocycles. The second-order valence-corrected chi connectivity index (χ2v) is 3.62. The second kappa shape index (κ2) is 3.44. The zero-order chi connectivity index (χ0) is 11.8. The summed E-state index contributed by atoms with van der Waals surface area (Å²) in [5.74, 6) is 0. The minimum atomic E-state index is -0.458. The Morgan fingerprint density at radius 3 is 2.88 bits per heavy atom. The van der Waals surface area contributed by atoms with Crippen LogP contribution in [0.5, 0.6) is 0 Å². The van der Waals surface area contributed by atoms with Crippen molar-refractivity contribution in [1.82, 2.24) is 19.7 Å². The Balaban J connectivity index is 2.26. The molecule has 6 heteroatoms. The van der Waals surface area contributed by atoms with Crippen molar-refractivity contribution in [3.63, 3.8) is 0 Å². The standard InChI is InChI=1S/C11H8N4O2/c16-10-3-4-15(11(17)13-10)8-1-2-9-7(5-8)6-12-14-9/h1-6H,(H,12,14)(H,13,16,17). The Morgan fingerprint density at radius 2 is 2.06 bits per heavy atom. The highest BCUT2D eigenvalue weighted by Gasteiger charge is 2.02. The fourth-order valence-electron chi connectivity index (χ4n) is 1.70. The highest BCUT2D eigenvalue weighted by atomic mass is 16.2. The van der Waals surface area contributed by atoms with Crippen LogP contribution < -0.4 is 11.2 Å². The van der Waals surface area contributed by atoms with Crippen LogP contribution >= 0.6 is 0 Å². The van der Waals surface area contributed by atoms with Crippen LogP contribution in [0.3, 0.4) is 0 Å². The molecule has 17 heavy (non-hydrogen) atoms. The number of aromatic amines is 2. The third kappa shape index (κ3) is 1.55. The van der Waals surface area contributed by atoms with E-state index in [1.54, 1.807) is 12.3 Å². The molecule has 0 aliphatic carbocycles. The van der Waals surface area contributed by atoms with Gasteiger partial charge in [0.05, 0.1) is 17.4 Å². The van der Waals surface area contributed by atoms with E-state index in [4.69, 9.17) is 0 Å². The van der Waals surface area contributed by atoms with Gasteiger partial charge < -0.3 is 0 Å². The van der Waals surface area contributed by atoms with Gasteiger partial charge in [-0.25, -0.2) is 4.79 Å². The average molecular weight is 228 g/mol. The quantitative estimate of drug-likeness (QED) is 0.632.